The summed E-state index contributed by atoms with van der Waals surface area (Å²) >= 11 is 0. The lowest BCUT2D eigenvalue weighted by Crippen LogP contribution is -2.31. The predicted octanol–water partition coefficient (Wildman–Crippen LogP) is 2.40. The summed E-state index contributed by atoms with van der Waals surface area (Å²) in [4.78, 5) is 27.7. The Morgan fingerprint density at radius 2 is 1.83 bits per heavy atom. The molecule has 0 bridgehead atoms. The van der Waals surface area contributed by atoms with Gasteiger partial charge in [-0.15, -0.1) is 0 Å². The summed E-state index contributed by atoms with van der Waals surface area (Å²) < 4.78 is 0. The van der Waals surface area contributed by atoms with Crippen molar-refractivity contribution >= 4 is 28.4 Å². The van der Waals surface area contributed by atoms with Gasteiger partial charge in [-0.2, -0.15) is 0 Å². The molecule has 0 saturated carbocycles. The average Bonchev–Trinajstić information content (AvgIpc) is 2.44. The molecule has 122 valence electrons. The van der Waals surface area contributed by atoms with E-state index < -0.39 is 5.91 Å². The maximum absolute atomic E-state index is 11.8. The van der Waals surface area contributed by atoms with Crippen molar-refractivity contribution < 1.29 is 9.59 Å². The number of carbonyl (C=O) groups is 2. The van der Waals surface area contributed by atoms with Gasteiger partial charge in [0.05, 0.1) is 5.52 Å². The Labute approximate surface area is 135 Å². The van der Waals surface area contributed by atoms with E-state index in [0.717, 1.165) is 27.7 Å². The predicted molar refractivity (Wildman–Crippen MR) is 91.1 cm³/mol. The van der Waals surface area contributed by atoms with Crippen molar-refractivity contribution in [3.05, 3.63) is 35.0 Å². The fourth-order valence-electron chi connectivity index (χ4n) is 2.53. The molecule has 0 aliphatic heterocycles. The number of pyridine rings is 1. The summed E-state index contributed by atoms with van der Waals surface area (Å²) in [5.41, 5.74) is 5.49. The molecule has 4 N–H and O–H groups in total. The molecule has 2 rings (SSSR count). The molecule has 6 heteroatoms. The zero-order valence-electron chi connectivity index (χ0n) is 14.1. The molecule has 1 heterocycles. The second kappa shape index (κ2) is 5.96. The number of benzene rings is 1. The molecule has 1 aromatic carbocycles. The maximum atomic E-state index is 11.8. The number of nitrogen functional groups attached to an aromatic ring is 1. The molecular formula is C17H22N4O2. The molecule has 0 saturated heterocycles. The number of nitrogens with zero attached hydrogens (tertiary/aromatic N) is 1. The van der Waals surface area contributed by atoms with Crippen LogP contribution in [0.1, 0.15) is 49.3 Å². The zero-order chi connectivity index (χ0) is 17.4. The third-order valence-electron chi connectivity index (χ3n) is 3.61. The highest BCUT2D eigenvalue weighted by Crippen LogP contribution is 2.33. The lowest BCUT2D eigenvalue weighted by atomic mass is 9.84. The summed E-state index contributed by atoms with van der Waals surface area (Å²) in [5.74, 6) is 4.65. The molecule has 0 aliphatic rings. The van der Waals surface area contributed by atoms with Crippen LogP contribution >= 0.6 is 0 Å². The Balaban J connectivity index is 2.82. The van der Waals surface area contributed by atoms with Crippen LogP contribution in [0.25, 0.3) is 10.9 Å². The normalized spacial score (nSPS) is 11.4. The van der Waals surface area contributed by atoms with Crippen LogP contribution < -0.4 is 16.6 Å². The number of anilines is 1. The van der Waals surface area contributed by atoms with Gasteiger partial charge in [-0.1, -0.05) is 20.8 Å². The quantitative estimate of drug-likeness (QED) is 0.450. The van der Waals surface area contributed by atoms with Gasteiger partial charge in [0.1, 0.15) is 5.69 Å². The van der Waals surface area contributed by atoms with Gasteiger partial charge in [-0.25, -0.2) is 10.8 Å². The van der Waals surface area contributed by atoms with Crippen LogP contribution in [0.5, 0.6) is 0 Å². The second-order valence-corrected chi connectivity index (χ2v) is 6.65. The highest BCUT2D eigenvalue weighted by molar-refractivity contribution is 5.99. The van der Waals surface area contributed by atoms with Gasteiger partial charge in [-0.05, 0) is 41.7 Å². The fourth-order valence-corrected chi connectivity index (χ4v) is 2.53. The van der Waals surface area contributed by atoms with E-state index in [2.05, 4.69) is 36.5 Å². The van der Waals surface area contributed by atoms with Gasteiger partial charge in [0, 0.05) is 18.0 Å². The van der Waals surface area contributed by atoms with Gasteiger partial charge in [-0.3, -0.25) is 15.0 Å². The molecule has 1 aromatic heterocycles. The molecular weight excluding hydrogens is 292 g/mol. The smallest absolute Gasteiger partial charge is 0.283 e. The van der Waals surface area contributed by atoms with E-state index in [1.165, 1.54) is 6.92 Å². The highest BCUT2D eigenvalue weighted by Gasteiger charge is 2.21. The first-order valence-corrected chi connectivity index (χ1v) is 7.38. The van der Waals surface area contributed by atoms with Crippen molar-refractivity contribution in [2.24, 2.45) is 5.84 Å². The topological polar surface area (TPSA) is 97.1 Å². The van der Waals surface area contributed by atoms with E-state index in [1.54, 1.807) is 6.07 Å². The number of hydrazine groups is 1. The minimum Gasteiger partial charge on any atom is -0.326 e. The van der Waals surface area contributed by atoms with Crippen LogP contribution in [-0.4, -0.2) is 16.8 Å². The summed E-state index contributed by atoms with van der Waals surface area (Å²) in [5, 5.41) is 3.72. The van der Waals surface area contributed by atoms with Gasteiger partial charge in [0.25, 0.3) is 5.91 Å². The number of hydrogen-bond acceptors (Lipinski definition) is 4. The van der Waals surface area contributed by atoms with Crippen molar-refractivity contribution in [1.29, 1.82) is 0 Å². The third-order valence-corrected chi connectivity index (χ3v) is 3.61. The van der Waals surface area contributed by atoms with E-state index in [9.17, 15) is 9.59 Å². The first kappa shape index (κ1) is 16.9. The number of hydrogen-bond donors (Lipinski definition) is 3. The Bertz CT molecular complexity index is 791. The van der Waals surface area contributed by atoms with Gasteiger partial charge >= 0.3 is 0 Å². The standard InChI is InChI=1S/C17H22N4O2/c1-9-6-14(16(23)21-18)20-15-12(9)7-11(19-10(2)22)8-13(15)17(3,4)5/h6-8H,18H2,1-5H3,(H,19,22)(H,21,23). The Morgan fingerprint density at radius 1 is 1.17 bits per heavy atom. The highest BCUT2D eigenvalue weighted by atomic mass is 16.2. The lowest BCUT2D eigenvalue weighted by molar-refractivity contribution is -0.114. The average molecular weight is 314 g/mol. The number of aromatic nitrogens is 1. The first-order valence-electron chi connectivity index (χ1n) is 7.38. The van der Waals surface area contributed by atoms with E-state index >= 15 is 0 Å². The van der Waals surface area contributed by atoms with E-state index in [-0.39, 0.29) is 17.0 Å². The lowest BCUT2D eigenvalue weighted by Gasteiger charge is -2.23. The Kier molecular flexibility index (Phi) is 4.38. The van der Waals surface area contributed by atoms with Crippen LogP contribution in [0.15, 0.2) is 18.2 Å². The minimum absolute atomic E-state index is 0.131. The molecule has 2 aromatic rings. The van der Waals surface area contributed by atoms with Crippen LogP contribution in [0.2, 0.25) is 0 Å². The molecule has 2 amide bonds. The van der Waals surface area contributed by atoms with Crippen molar-refractivity contribution in [2.75, 3.05) is 5.32 Å². The van der Waals surface area contributed by atoms with E-state index in [4.69, 9.17) is 5.84 Å². The second-order valence-electron chi connectivity index (χ2n) is 6.65. The number of fused-ring (bicyclic) bond motifs is 1. The van der Waals surface area contributed by atoms with Gasteiger partial charge in [0.2, 0.25) is 5.91 Å². The van der Waals surface area contributed by atoms with Crippen LogP contribution in [0.3, 0.4) is 0 Å². The largest absolute Gasteiger partial charge is 0.326 e. The minimum atomic E-state index is -0.430. The molecule has 0 fully saturated rings. The number of carbonyl (C=O) groups excluding carboxylic acids is 2. The van der Waals surface area contributed by atoms with E-state index in [1.807, 2.05) is 19.1 Å². The van der Waals surface area contributed by atoms with Gasteiger partial charge < -0.3 is 5.32 Å². The third kappa shape index (κ3) is 3.48. The van der Waals surface area contributed by atoms with Gasteiger partial charge in [0.15, 0.2) is 0 Å². The molecule has 0 radical (unpaired) electrons. The maximum Gasteiger partial charge on any atom is 0.283 e. The van der Waals surface area contributed by atoms with Crippen molar-refractivity contribution in [1.82, 2.24) is 10.4 Å². The number of rotatable bonds is 2. The fraction of sp³-hybridized carbons (Fsp3) is 0.353. The summed E-state index contributed by atoms with van der Waals surface area (Å²) in [6.07, 6.45) is 0. The van der Waals surface area contributed by atoms with Crippen molar-refractivity contribution in [3.8, 4) is 0 Å². The first-order chi connectivity index (χ1) is 10.6. The SMILES string of the molecule is CC(=O)Nc1cc(C(C)(C)C)c2nc(C(=O)NN)cc(C)c2c1. The molecule has 23 heavy (non-hydrogen) atoms. The summed E-state index contributed by atoms with van der Waals surface area (Å²) in [6.45, 7) is 9.56. The summed E-state index contributed by atoms with van der Waals surface area (Å²) in [6, 6.07) is 5.47. The van der Waals surface area contributed by atoms with Crippen LogP contribution in [0, 0.1) is 6.92 Å². The van der Waals surface area contributed by atoms with Crippen LogP contribution in [-0.2, 0) is 10.2 Å². The van der Waals surface area contributed by atoms with Crippen molar-refractivity contribution in [3.63, 3.8) is 0 Å². The number of aryl methyl sites for hydroxylation is 1. The Morgan fingerprint density at radius 3 is 2.35 bits per heavy atom. The monoisotopic (exact) mass is 314 g/mol. The molecule has 0 spiro atoms. The number of amides is 2. The molecule has 0 aliphatic carbocycles. The van der Waals surface area contributed by atoms with Crippen molar-refractivity contribution in [2.45, 2.75) is 40.0 Å². The number of nitrogens with one attached hydrogen (secondary N) is 2. The molecule has 0 unspecified atom stereocenters. The molecule has 6 nitrogen and oxygen atoms in total. The van der Waals surface area contributed by atoms with E-state index in [0.29, 0.717) is 0 Å². The summed E-state index contributed by atoms with van der Waals surface area (Å²) in [7, 11) is 0. The van der Waals surface area contributed by atoms with Crippen LogP contribution in [0.4, 0.5) is 5.69 Å². The number of nitrogens with two attached hydrogens (primary N) is 1. The Hall–Kier alpha value is -2.47. The zero-order valence-corrected chi connectivity index (χ0v) is 14.1. The molecule has 0 atom stereocenters.